The van der Waals surface area contributed by atoms with Crippen LogP contribution in [0.15, 0.2) is 16.7 Å². The molecule has 0 aliphatic heterocycles. The van der Waals surface area contributed by atoms with E-state index in [1.807, 2.05) is 13.8 Å². The molecule has 6 nitrogen and oxygen atoms in total. The van der Waals surface area contributed by atoms with Crippen LogP contribution in [0.4, 0.5) is 11.5 Å². The van der Waals surface area contributed by atoms with E-state index in [0.717, 1.165) is 6.42 Å². The standard InChI is InChI=1S/C9H12BrN3O3.C2H6/c1-16-4-2-3-11-9-8(13(14)15)5-7(10)6-12-9;1-2/h5-6H,2-4H2,1H3,(H,11,12);1-2H3. The minimum atomic E-state index is -0.462. The van der Waals surface area contributed by atoms with Gasteiger partial charge in [-0.05, 0) is 22.4 Å². The molecule has 0 aromatic carbocycles. The van der Waals surface area contributed by atoms with Gasteiger partial charge in [0.05, 0.1) is 4.92 Å². The van der Waals surface area contributed by atoms with Crippen LogP contribution in [0, 0.1) is 10.1 Å². The summed E-state index contributed by atoms with van der Waals surface area (Å²) in [6.07, 6.45) is 2.29. The molecule has 0 saturated heterocycles. The number of nitro groups is 1. The molecule has 18 heavy (non-hydrogen) atoms. The number of ether oxygens (including phenoxy) is 1. The fourth-order valence-corrected chi connectivity index (χ4v) is 1.45. The first-order valence-electron chi connectivity index (χ1n) is 5.68. The second-order valence-electron chi connectivity index (χ2n) is 3.05. The van der Waals surface area contributed by atoms with Gasteiger partial charge in [-0.3, -0.25) is 10.1 Å². The lowest BCUT2D eigenvalue weighted by atomic mass is 10.3. The van der Waals surface area contributed by atoms with Crippen LogP contribution in [0.3, 0.4) is 0 Å². The van der Waals surface area contributed by atoms with Gasteiger partial charge < -0.3 is 10.1 Å². The zero-order valence-corrected chi connectivity index (χ0v) is 12.4. The summed E-state index contributed by atoms with van der Waals surface area (Å²) in [4.78, 5) is 14.2. The summed E-state index contributed by atoms with van der Waals surface area (Å²) in [5.41, 5.74) is -0.0354. The molecule has 0 aliphatic rings. The van der Waals surface area contributed by atoms with Crippen molar-refractivity contribution < 1.29 is 9.66 Å². The van der Waals surface area contributed by atoms with E-state index in [1.165, 1.54) is 12.3 Å². The van der Waals surface area contributed by atoms with Crippen LogP contribution >= 0.6 is 15.9 Å². The SMILES string of the molecule is CC.COCCCNc1ncc(Br)cc1[N+](=O)[O-]. The molecule has 1 rings (SSSR count). The van der Waals surface area contributed by atoms with E-state index in [-0.39, 0.29) is 11.5 Å². The molecular formula is C11H18BrN3O3. The summed E-state index contributed by atoms with van der Waals surface area (Å²) in [5, 5.41) is 13.6. The highest BCUT2D eigenvalue weighted by molar-refractivity contribution is 9.10. The van der Waals surface area contributed by atoms with Crippen LogP contribution in [-0.2, 0) is 4.74 Å². The average molecular weight is 320 g/mol. The first-order chi connectivity index (χ1) is 8.65. The molecule has 0 unspecified atom stereocenters. The van der Waals surface area contributed by atoms with Gasteiger partial charge in [-0.25, -0.2) is 4.98 Å². The fraction of sp³-hybridized carbons (Fsp3) is 0.545. The third-order valence-corrected chi connectivity index (χ3v) is 2.28. The predicted octanol–water partition coefficient (Wildman–Crippen LogP) is 3.23. The lowest BCUT2D eigenvalue weighted by Gasteiger charge is -2.05. The molecule has 0 saturated carbocycles. The summed E-state index contributed by atoms with van der Waals surface area (Å²) in [5.74, 6) is 0.282. The van der Waals surface area contributed by atoms with E-state index in [9.17, 15) is 10.1 Å². The Kier molecular flexibility index (Phi) is 9.13. The van der Waals surface area contributed by atoms with Crippen molar-refractivity contribution in [3.63, 3.8) is 0 Å². The van der Waals surface area contributed by atoms with Gasteiger partial charge in [0.1, 0.15) is 0 Å². The Bertz CT molecular complexity index is 375. The summed E-state index contributed by atoms with van der Waals surface area (Å²) in [6, 6.07) is 1.42. The molecule has 1 aromatic rings. The summed E-state index contributed by atoms with van der Waals surface area (Å²) < 4.78 is 5.46. The van der Waals surface area contributed by atoms with E-state index in [1.54, 1.807) is 7.11 Å². The van der Waals surface area contributed by atoms with E-state index in [2.05, 4.69) is 26.2 Å². The van der Waals surface area contributed by atoms with Crippen molar-refractivity contribution in [2.75, 3.05) is 25.6 Å². The highest BCUT2D eigenvalue weighted by Crippen LogP contribution is 2.24. The van der Waals surface area contributed by atoms with Gasteiger partial charge in [0.25, 0.3) is 0 Å². The number of aromatic nitrogens is 1. The first kappa shape index (κ1) is 16.8. The molecule has 0 bridgehead atoms. The second-order valence-corrected chi connectivity index (χ2v) is 3.97. The molecule has 0 aliphatic carbocycles. The van der Waals surface area contributed by atoms with E-state index >= 15 is 0 Å². The molecule has 7 heteroatoms. The van der Waals surface area contributed by atoms with Crippen molar-refractivity contribution in [1.29, 1.82) is 0 Å². The van der Waals surface area contributed by atoms with Crippen molar-refractivity contribution in [3.8, 4) is 0 Å². The Labute approximate surface area is 115 Å². The quantitative estimate of drug-likeness (QED) is 0.495. The first-order valence-corrected chi connectivity index (χ1v) is 6.47. The number of nitrogens with one attached hydrogen (secondary N) is 1. The van der Waals surface area contributed by atoms with Crippen LogP contribution in [0.1, 0.15) is 20.3 Å². The zero-order chi connectivity index (χ0) is 14.0. The predicted molar refractivity (Wildman–Crippen MR) is 74.9 cm³/mol. The topological polar surface area (TPSA) is 77.3 Å². The molecule has 0 fully saturated rings. The van der Waals surface area contributed by atoms with Crippen LogP contribution in [0.5, 0.6) is 0 Å². The van der Waals surface area contributed by atoms with Crippen LogP contribution in [0.2, 0.25) is 0 Å². The lowest BCUT2D eigenvalue weighted by Crippen LogP contribution is -2.08. The minimum absolute atomic E-state index is 0.0354. The molecule has 0 radical (unpaired) electrons. The Morgan fingerprint density at radius 1 is 1.56 bits per heavy atom. The van der Waals surface area contributed by atoms with Crippen LogP contribution in [0.25, 0.3) is 0 Å². The van der Waals surface area contributed by atoms with Crippen molar-refractivity contribution in [1.82, 2.24) is 4.98 Å². The van der Waals surface area contributed by atoms with Gasteiger partial charge >= 0.3 is 5.69 Å². The average Bonchev–Trinajstić information content (AvgIpc) is 2.38. The Morgan fingerprint density at radius 3 is 2.78 bits per heavy atom. The monoisotopic (exact) mass is 319 g/mol. The third-order valence-electron chi connectivity index (χ3n) is 1.85. The highest BCUT2D eigenvalue weighted by atomic mass is 79.9. The number of anilines is 1. The maximum absolute atomic E-state index is 10.7. The van der Waals surface area contributed by atoms with Crippen LogP contribution < -0.4 is 5.32 Å². The van der Waals surface area contributed by atoms with E-state index in [0.29, 0.717) is 17.6 Å². The minimum Gasteiger partial charge on any atom is -0.385 e. The molecule has 102 valence electrons. The number of nitrogens with zero attached hydrogens (tertiary/aromatic N) is 2. The maximum atomic E-state index is 10.7. The number of pyridine rings is 1. The molecule has 0 atom stereocenters. The fourth-order valence-electron chi connectivity index (χ4n) is 1.13. The zero-order valence-electron chi connectivity index (χ0n) is 10.8. The molecule has 0 amide bonds. The highest BCUT2D eigenvalue weighted by Gasteiger charge is 2.14. The van der Waals surface area contributed by atoms with E-state index in [4.69, 9.17) is 4.74 Å². The second kappa shape index (κ2) is 9.78. The largest absolute Gasteiger partial charge is 0.385 e. The molecule has 1 heterocycles. The lowest BCUT2D eigenvalue weighted by molar-refractivity contribution is -0.384. The normalized spacial score (nSPS) is 9.33. The number of rotatable bonds is 6. The van der Waals surface area contributed by atoms with Crippen molar-refractivity contribution >= 4 is 27.4 Å². The molecule has 1 aromatic heterocycles. The molecular weight excluding hydrogens is 302 g/mol. The Hall–Kier alpha value is -1.21. The van der Waals surface area contributed by atoms with Crippen molar-refractivity contribution in [3.05, 3.63) is 26.9 Å². The third kappa shape index (κ3) is 5.92. The van der Waals surface area contributed by atoms with Gasteiger partial charge in [0.15, 0.2) is 0 Å². The molecule has 0 spiro atoms. The summed E-state index contributed by atoms with van der Waals surface area (Å²) in [7, 11) is 1.61. The van der Waals surface area contributed by atoms with Gasteiger partial charge in [-0.1, -0.05) is 13.8 Å². The number of hydrogen-bond donors (Lipinski definition) is 1. The number of hydrogen-bond acceptors (Lipinski definition) is 5. The van der Waals surface area contributed by atoms with Gasteiger partial charge in [-0.2, -0.15) is 0 Å². The Morgan fingerprint density at radius 2 is 2.22 bits per heavy atom. The summed E-state index contributed by atoms with van der Waals surface area (Å²) in [6.45, 7) is 5.20. The van der Waals surface area contributed by atoms with Gasteiger partial charge in [0.2, 0.25) is 5.82 Å². The summed E-state index contributed by atoms with van der Waals surface area (Å²) >= 11 is 3.14. The Balaban J connectivity index is 0.00000137. The van der Waals surface area contributed by atoms with Crippen LogP contribution in [-0.4, -0.2) is 30.2 Å². The number of methoxy groups -OCH3 is 1. The van der Waals surface area contributed by atoms with Gasteiger partial charge in [0, 0.05) is 37.0 Å². The maximum Gasteiger partial charge on any atom is 0.312 e. The number of halogens is 1. The van der Waals surface area contributed by atoms with Crippen molar-refractivity contribution in [2.45, 2.75) is 20.3 Å². The van der Waals surface area contributed by atoms with Gasteiger partial charge in [-0.15, -0.1) is 0 Å². The van der Waals surface area contributed by atoms with E-state index < -0.39 is 4.92 Å². The molecule has 1 N–H and O–H groups in total. The van der Waals surface area contributed by atoms with Crippen molar-refractivity contribution in [2.24, 2.45) is 0 Å². The smallest absolute Gasteiger partial charge is 0.312 e.